The number of carbonyl (C=O) groups is 1. The van der Waals surface area contributed by atoms with Crippen LogP contribution in [-0.2, 0) is 22.9 Å². The highest BCUT2D eigenvalue weighted by atomic mass is 32.2. The lowest BCUT2D eigenvalue weighted by Gasteiger charge is -2.27. The molecule has 0 unspecified atom stereocenters. The van der Waals surface area contributed by atoms with Gasteiger partial charge < -0.3 is 9.80 Å². The second-order valence-corrected chi connectivity index (χ2v) is 10.7. The first-order valence-electron chi connectivity index (χ1n) is 11.0. The molecule has 0 saturated carbocycles. The molecule has 5 rings (SSSR count). The van der Waals surface area contributed by atoms with E-state index in [2.05, 4.69) is 4.99 Å². The molecule has 3 aromatic rings. The minimum absolute atomic E-state index is 0.0638. The normalized spacial score (nSPS) is 21.2. The van der Waals surface area contributed by atoms with Crippen LogP contribution in [0.1, 0.15) is 21.5 Å². The molecule has 2 aliphatic rings. The molecule has 2 aliphatic heterocycles. The van der Waals surface area contributed by atoms with Crippen LogP contribution < -0.4 is 0 Å². The third-order valence-corrected chi connectivity index (χ3v) is 7.92. The Bertz CT molecular complexity index is 1200. The molecule has 0 bridgehead atoms. The van der Waals surface area contributed by atoms with Gasteiger partial charge in [-0.1, -0.05) is 78.9 Å². The molecule has 0 aliphatic carbocycles. The highest BCUT2D eigenvalue weighted by Crippen LogP contribution is 2.34. The van der Waals surface area contributed by atoms with Gasteiger partial charge >= 0.3 is 0 Å². The summed E-state index contributed by atoms with van der Waals surface area (Å²) in [7, 11) is -3.18. The Morgan fingerprint density at radius 2 is 1.15 bits per heavy atom. The molecule has 7 heteroatoms. The maximum Gasteiger partial charge on any atom is 0.280 e. The first kappa shape index (κ1) is 21.4. The van der Waals surface area contributed by atoms with Gasteiger partial charge in [0.2, 0.25) is 5.96 Å². The molecule has 2 atom stereocenters. The van der Waals surface area contributed by atoms with Gasteiger partial charge in [0.15, 0.2) is 9.84 Å². The molecule has 168 valence electrons. The van der Waals surface area contributed by atoms with Crippen LogP contribution in [0.3, 0.4) is 0 Å². The Labute approximate surface area is 194 Å². The van der Waals surface area contributed by atoms with Crippen molar-refractivity contribution in [2.75, 3.05) is 11.5 Å². The van der Waals surface area contributed by atoms with Crippen molar-refractivity contribution >= 4 is 21.7 Å². The van der Waals surface area contributed by atoms with E-state index in [1.165, 1.54) is 0 Å². The van der Waals surface area contributed by atoms with E-state index in [9.17, 15) is 13.2 Å². The number of hydrogen-bond donors (Lipinski definition) is 0. The van der Waals surface area contributed by atoms with Gasteiger partial charge in [-0.25, -0.2) is 8.42 Å². The molecule has 3 aromatic carbocycles. The molecule has 1 amide bonds. The van der Waals surface area contributed by atoms with E-state index in [0.29, 0.717) is 24.6 Å². The van der Waals surface area contributed by atoms with Crippen LogP contribution in [0, 0.1) is 0 Å². The monoisotopic (exact) mass is 459 g/mol. The number of benzene rings is 3. The Kier molecular flexibility index (Phi) is 5.72. The average Bonchev–Trinajstić information content (AvgIpc) is 3.27. The number of amides is 1. The molecular weight excluding hydrogens is 434 g/mol. The van der Waals surface area contributed by atoms with Gasteiger partial charge in [-0.2, -0.15) is 4.99 Å². The maximum atomic E-state index is 13.1. The van der Waals surface area contributed by atoms with Gasteiger partial charge in [0.1, 0.15) is 0 Å². The van der Waals surface area contributed by atoms with E-state index < -0.39 is 9.84 Å². The minimum atomic E-state index is -3.18. The summed E-state index contributed by atoms with van der Waals surface area (Å²) < 4.78 is 25.3. The van der Waals surface area contributed by atoms with Crippen molar-refractivity contribution in [1.29, 1.82) is 0 Å². The number of hydrogen-bond acceptors (Lipinski definition) is 3. The van der Waals surface area contributed by atoms with Gasteiger partial charge in [-0.3, -0.25) is 4.79 Å². The number of rotatable bonds is 5. The molecule has 0 spiro atoms. The summed E-state index contributed by atoms with van der Waals surface area (Å²) >= 11 is 0. The van der Waals surface area contributed by atoms with Gasteiger partial charge in [-0.15, -0.1) is 0 Å². The van der Waals surface area contributed by atoms with E-state index in [1.54, 1.807) is 12.1 Å². The van der Waals surface area contributed by atoms with E-state index in [0.717, 1.165) is 11.1 Å². The third kappa shape index (κ3) is 4.54. The standard InChI is InChI=1S/C26H25N3O3S/c30-25(22-14-8-3-9-15-22)27-26-28(16-20-10-4-1-5-11-20)23-18-33(31,32)19-24(23)29(26)17-21-12-6-2-7-13-21/h1-15,23-24H,16-19H2/t23-,24-/m0/s1. The summed E-state index contributed by atoms with van der Waals surface area (Å²) in [5.74, 6) is 0.342. The first-order valence-corrected chi connectivity index (χ1v) is 12.8. The van der Waals surface area contributed by atoms with E-state index in [-0.39, 0.29) is 29.5 Å². The van der Waals surface area contributed by atoms with Crippen LogP contribution in [0.15, 0.2) is 96.0 Å². The molecular formula is C26H25N3O3S. The molecule has 0 N–H and O–H groups in total. The molecule has 2 saturated heterocycles. The highest BCUT2D eigenvalue weighted by molar-refractivity contribution is 7.91. The zero-order valence-electron chi connectivity index (χ0n) is 18.1. The van der Waals surface area contributed by atoms with E-state index in [4.69, 9.17) is 0 Å². The second kappa shape index (κ2) is 8.83. The number of carbonyl (C=O) groups excluding carboxylic acids is 1. The lowest BCUT2D eigenvalue weighted by atomic mass is 10.1. The van der Waals surface area contributed by atoms with Gasteiger partial charge in [0.25, 0.3) is 5.91 Å². The van der Waals surface area contributed by atoms with Gasteiger partial charge in [0.05, 0.1) is 23.6 Å². The molecule has 2 fully saturated rings. The number of fused-ring (bicyclic) bond motifs is 1. The Morgan fingerprint density at radius 3 is 1.61 bits per heavy atom. The summed E-state index contributed by atoms with van der Waals surface area (Å²) in [6.45, 7) is 0.980. The third-order valence-electron chi connectivity index (χ3n) is 6.22. The molecule has 33 heavy (non-hydrogen) atoms. The Balaban J connectivity index is 1.57. The van der Waals surface area contributed by atoms with Crippen LogP contribution in [0.25, 0.3) is 0 Å². The minimum Gasteiger partial charge on any atom is -0.332 e. The van der Waals surface area contributed by atoms with E-state index >= 15 is 0 Å². The van der Waals surface area contributed by atoms with Crippen LogP contribution in [0.4, 0.5) is 0 Å². The van der Waals surface area contributed by atoms with Gasteiger partial charge in [0, 0.05) is 18.7 Å². The summed E-state index contributed by atoms with van der Waals surface area (Å²) in [4.78, 5) is 21.7. The van der Waals surface area contributed by atoms with Crippen LogP contribution in [-0.4, -0.2) is 53.7 Å². The fourth-order valence-electron chi connectivity index (χ4n) is 4.67. The molecule has 6 nitrogen and oxygen atoms in total. The largest absolute Gasteiger partial charge is 0.332 e. The molecule has 0 radical (unpaired) electrons. The first-order chi connectivity index (χ1) is 16.0. The number of sulfone groups is 1. The predicted octanol–water partition coefficient (Wildman–Crippen LogP) is 3.37. The number of guanidine groups is 1. The van der Waals surface area contributed by atoms with E-state index in [1.807, 2.05) is 88.7 Å². The Morgan fingerprint density at radius 1 is 0.727 bits per heavy atom. The Hall–Kier alpha value is -3.45. The number of nitrogens with zero attached hydrogens (tertiary/aromatic N) is 3. The maximum absolute atomic E-state index is 13.1. The summed E-state index contributed by atoms with van der Waals surface area (Å²) in [6, 6.07) is 28.3. The highest BCUT2D eigenvalue weighted by Gasteiger charge is 2.52. The smallest absolute Gasteiger partial charge is 0.280 e. The zero-order chi connectivity index (χ0) is 22.8. The quantitative estimate of drug-likeness (QED) is 0.585. The second-order valence-electron chi connectivity index (χ2n) is 8.52. The van der Waals surface area contributed by atoms with Crippen molar-refractivity contribution in [1.82, 2.24) is 9.80 Å². The van der Waals surface area contributed by atoms with Crippen LogP contribution in [0.2, 0.25) is 0 Å². The summed E-state index contributed by atoms with van der Waals surface area (Å²) in [5, 5.41) is 0. The summed E-state index contributed by atoms with van der Waals surface area (Å²) in [5.41, 5.74) is 2.60. The lowest BCUT2D eigenvalue weighted by molar-refractivity contribution is 0.0999. The van der Waals surface area contributed by atoms with Gasteiger partial charge in [-0.05, 0) is 23.3 Å². The molecule has 2 heterocycles. The lowest BCUT2D eigenvalue weighted by Crippen LogP contribution is -2.39. The SMILES string of the molecule is O=C(N=C1N(Cc2ccccc2)[C@H]2CS(=O)(=O)C[C@@H]2N1Cc1ccccc1)c1ccccc1. The predicted molar refractivity (Wildman–Crippen MR) is 128 cm³/mol. The van der Waals surface area contributed by atoms with Crippen molar-refractivity contribution < 1.29 is 13.2 Å². The fourth-order valence-corrected chi connectivity index (χ4v) is 6.65. The summed E-state index contributed by atoms with van der Waals surface area (Å²) in [6.07, 6.45) is 0. The topological polar surface area (TPSA) is 70.0 Å². The molecule has 0 aromatic heterocycles. The van der Waals surface area contributed by atoms with Crippen molar-refractivity contribution in [2.45, 2.75) is 25.2 Å². The average molecular weight is 460 g/mol. The van der Waals surface area contributed by atoms with Crippen LogP contribution in [0.5, 0.6) is 0 Å². The van der Waals surface area contributed by atoms with Crippen molar-refractivity contribution in [3.05, 3.63) is 108 Å². The number of aliphatic imine (C=N–C) groups is 1. The van der Waals surface area contributed by atoms with Crippen molar-refractivity contribution in [3.63, 3.8) is 0 Å². The van der Waals surface area contributed by atoms with Crippen molar-refractivity contribution in [2.24, 2.45) is 4.99 Å². The van der Waals surface area contributed by atoms with Crippen LogP contribution >= 0.6 is 0 Å². The van der Waals surface area contributed by atoms with Crippen molar-refractivity contribution in [3.8, 4) is 0 Å². The zero-order valence-corrected chi connectivity index (χ0v) is 18.9. The fraction of sp³-hybridized carbons (Fsp3) is 0.231.